The largest absolute Gasteiger partial charge is 0.337 e. The summed E-state index contributed by atoms with van der Waals surface area (Å²) in [6, 6.07) is 14.1. The number of ketones is 1. The summed E-state index contributed by atoms with van der Waals surface area (Å²) < 4.78 is 0. The second-order valence-corrected chi connectivity index (χ2v) is 8.25. The highest BCUT2D eigenvalue weighted by molar-refractivity contribution is 7.11. The van der Waals surface area contributed by atoms with Crippen molar-refractivity contribution in [2.24, 2.45) is 11.3 Å². The van der Waals surface area contributed by atoms with Crippen molar-refractivity contribution in [2.45, 2.75) is 32.2 Å². The molecule has 0 radical (unpaired) electrons. The molecule has 1 aliphatic carbocycles. The van der Waals surface area contributed by atoms with Crippen molar-refractivity contribution in [1.82, 2.24) is 4.90 Å². The third-order valence-electron chi connectivity index (χ3n) is 5.90. The van der Waals surface area contributed by atoms with Gasteiger partial charge < -0.3 is 4.90 Å². The van der Waals surface area contributed by atoms with Crippen LogP contribution in [0.25, 0.3) is 5.57 Å². The van der Waals surface area contributed by atoms with Crippen LogP contribution < -0.4 is 0 Å². The first-order valence-corrected chi connectivity index (χ1v) is 10.1. The zero-order valence-corrected chi connectivity index (χ0v) is 15.6. The highest BCUT2D eigenvalue weighted by Gasteiger charge is 2.58. The summed E-state index contributed by atoms with van der Waals surface area (Å²) in [5.41, 5.74) is 1.17. The minimum atomic E-state index is -0.895. The first-order valence-electron chi connectivity index (χ1n) is 9.22. The van der Waals surface area contributed by atoms with Gasteiger partial charge in [-0.15, -0.1) is 11.3 Å². The highest BCUT2D eigenvalue weighted by Crippen LogP contribution is 2.52. The lowest BCUT2D eigenvalue weighted by atomic mass is 9.65. The van der Waals surface area contributed by atoms with E-state index in [1.54, 1.807) is 11.3 Å². The van der Waals surface area contributed by atoms with Gasteiger partial charge >= 0.3 is 0 Å². The van der Waals surface area contributed by atoms with E-state index in [9.17, 15) is 9.59 Å². The normalized spacial score (nSPS) is 25.8. The molecule has 1 saturated heterocycles. The van der Waals surface area contributed by atoms with Crippen LogP contribution in [0.5, 0.6) is 0 Å². The van der Waals surface area contributed by atoms with Gasteiger partial charge in [-0.1, -0.05) is 43.0 Å². The van der Waals surface area contributed by atoms with Crippen LogP contribution in [0.2, 0.25) is 0 Å². The van der Waals surface area contributed by atoms with Crippen LogP contribution in [0, 0.1) is 11.3 Å². The number of Topliss-reactive ketones (excluding diaryl/α,β-unsaturated/α-hetero) is 1. The molecular formula is C22H23NO2S. The Morgan fingerprint density at radius 2 is 2.00 bits per heavy atom. The summed E-state index contributed by atoms with van der Waals surface area (Å²) in [5.74, 6) is 0.0523. The Labute approximate surface area is 158 Å². The van der Waals surface area contributed by atoms with Crippen molar-refractivity contribution >= 4 is 28.6 Å². The molecule has 0 bridgehead atoms. The van der Waals surface area contributed by atoms with E-state index >= 15 is 0 Å². The molecule has 1 aliphatic heterocycles. The predicted molar refractivity (Wildman–Crippen MR) is 105 cm³/mol. The lowest BCUT2D eigenvalue weighted by molar-refractivity contribution is -0.155. The molecule has 2 heterocycles. The highest BCUT2D eigenvalue weighted by atomic mass is 32.1. The predicted octanol–water partition coefficient (Wildman–Crippen LogP) is 4.55. The van der Waals surface area contributed by atoms with E-state index in [2.05, 4.69) is 6.58 Å². The van der Waals surface area contributed by atoms with Gasteiger partial charge in [-0.05, 0) is 41.8 Å². The fourth-order valence-electron chi connectivity index (χ4n) is 4.61. The Hall–Kier alpha value is -2.20. The summed E-state index contributed by atoms with van der Waals surface area (Å²) in [5, 5.41) is 2.02. The van der Waals surface area contributed by atoms with Gasteiger partial charge in [0, 0.05) is 30.3 Å². The van der Waals surface area contributed by atoms with Crippen molar-refractivity contribution in [3.63, 3.8) is 0 Å². The standard InChI is InChI=1S/C22H23NO2S/c1-16(19-9-6-14-26-19)18-11-13-23(15-17-7-3-2-4-8-17)21(25)22(18)12-5-10-20(22)24/h2-4,6-9,14,18H,1,5,10-13,15H2/t18-,22+/m0/s1. The van der Waals surface area contributed by atoms with E-state index in [-0.39, 0.29) is 17.6 Å². The van der Waals surface area contributed by atoms with Crippen molar-refractivity contribution in [3.8, 4) is 0 Å². The van der Waals surface area contributed by atoms with E-state index in [0.29, 0.717) is 25.9 Å². The Morgan fingerprint density at radius 3 is 2.65 bits per heavy atom. The number of hydrogen-bond donors (Lipinski definition) is 0. The summed E-state index contributed by atoms with van der Waals surface area (Å²) in [6.45, 7) is 5.56. The van der Waals surface area contributed by atoms with Gasteiger partial charge in [0.2, 0.25) is 5.91 Å². The van der Waals surface area contributed by atoms with E-state index in [1.165, 1.54) is 0 Å². The van der Waals surface area contributed by atoms with Gasteiger partial charge in [0.05, 0.1) is 0 Å². The number of piperidine rings is 1. The SMILES string of the molecule is C=C(c1cccs1)[C@@H]1CCN(Cc2ccccc2)C(=O)[C@]12CCCC2=O. The molecule has 1 aromatic heterocycles. The molecule has 3 nitrogen and oxygen atoms in total. The van der Waals surface area contributed by atoms with Gasteiger partial charge in [0.25, 0.3) is 0 Å². The lowest BCUT2D eigenvalue weighted by Gasteiger charge is -2.45. The van der Waals surface area contributed by atoms with Crippen molar-refractivity contribution in [2.75, 3.05) is 6.54 Å². The molecule has 1 saturated carbocycles. The number of thiophene rings is 1. The molecule has 2 atom stereocenters. The quantitative estimate of drug-likeness (QED) is 0.746. The zero-order chi connectivity index (χ0) is 18.1. The first kappa shape index (κ1) is 17.2. The van der Waals surface area contributed by atoms with Crippen LogP contribution in [-0.2, 0) is 16.1 Å². The molecule has 4 rings (SSSR count). The molecule has 2 aromatic rings. The molecular weight excluding hydrogens is 342 g/mol. The van der Waals surface area contributed by atoms with E-state index < -0.39 is 5.41 Å². The number of benzene rings is 1. The molecule has 0 unspecified atom stereocenters. The number of allylic oxidation sites excluding steroid dienone is 1. The molecule has 4 heteroatoms. The van der Waals surface area contributed by atoms with Crippen LogP contribution in [0.3, 0.4) is 0 Å². The summed E-state index contributed by atoms with van der Waals surface area (Å²) in [4.78, 5) is 29.5. The number of hydrogen-bond acceptors (Lipinski definition) is 3. The van der Waals surface area contributed by atoms with Gasteiger partial charge in [0.15, 0.2) is 0 Å². The van der Waals surface area contributed by atoms with Crippen LogP contribution in [-0.4, -0.2) is 23.1 Å². The molecule has 1 amide bonds. The molecule has 2 fully saturated rings. The maximum Gasteiger partial charge on any atom is 0.237 e. The van der Waals surface area contributed by atoms with Gasteiger partial charge in [-0.25, -0.2) is 0 Å². The van der Waals surface area contributed by atoms with Crippen molar-refractivity contribution < 1.29 is 9.59 Å². The van der Waals surface area contributed by atoms with Crippen molar-refractivity contribution in [3.05, 3.63) is 64.9 Å². The van der Waals surface area contributed by atoms with Gasteiger partial charge in [0.1, 0.15) is 11.2 Å². The topological polar surface area (TPSA) is 37.4 Å². The Morgan fingerprint density at radius 1 is 1.19 bits per heavy atom. The average molecular weight is 365 g/mol. The molecule has 2 aliphatic rings. The summed E-state index contributed by atoms with van der Waals surface area (Å²) >= 11 is 1.64. The average Bonchev–Trinajstić information content (AvgIpc) is 3.31. The number of amides is 1. The number of nitrogens with zero attached hydrogens (tertiary/aromatic N) is 1. The fourth-order valence-corrected chi connectivity index (χ4v) is 5.36. The van der Waals surface area contributed by atoms with Gasteiger partial charge in [-0.2, -0.15) is 0 Å². The number of carbonyl (C=O) groups is 2. The summed E-state index contributed by atoms with van der Waals surface area (Å²) in [6.07, 6.45) is 2.78. The Balaban J connectivity index is 1.66. The number of rotatable bonds is 4. The molecule has 0 N–H and O–H groups in total. The number of carbonyl (C=O) groups excluding carboxylic acids is 2. The minimum Gasteiger partial charge on any atom is -0.337 e. The smallest absolute Gasteiger partial charge is 0.237 e. The van der Waals surface area contributed by atoms with Gasteiger partial charge in [-0.3, -0.25) is 9.59 Å². The molecule has 134 valence electrons. The molecule has 1 aromatic carbocycles. The molecule has 1 spiro atoms. The number of likely N-dealkylation sites (tertiary alicyclic amines) is 1. The third-order valence-corrected chi connectivity index (χ3v) is 6.84. The summed E-state index contributed by atoms with van der Waals surface area (Å²) in [7, 11) is 0. The monoisotopic (exact) mass is 365 g/mol. The second kappa shape index (κ2) is 6.84. The Bertz CT molecular complexity index is 827. The Kier molecular flexibility index (Phi) is 4.53. The van der Waals surface area contributed by atoms with E-state index in [1.807, 2.05) is 52.7 Å². The lowest BCUT2D eigenvalue weighted by Crippen LogP contribution is -2.55. The van der Waals surface area contributed by atoms with E-state index in [0.717, 1.165) is 28.9 Å². The first-order chi connectivity index (χ1) is 12.6. The van der Waals surface area contributed by atoms with E-state index in [4.69, 9.17) is 0 Å². The van der Waals surface area contributed by atoms with Crippen LogP contribution in [0.1, 0.15) is 36.1 Å². The van der Waals surface area contributed by atoms with Crippen LogP contribution in [0.15, 0.2) is 54.4 Å². The second-order valence-electron chi connectivity index (χ2n) is 7.30. The maximum atomic E-state index is 13.5. The molecule has 26 heavy (non-hydrogen) atoms. The van der Waals surface area contributed by atoms with Crippen LogP contribution in [0.4, 0.5) is 0 Å². The third kappa shape index (κ3) is 2.73. The minimum absolute atomic E-state index is 0.0119. The maximum absolute atomic E-state index is 13.5. The zero-order valence-electron chi connectivity index (χ0n) is 14.8. The fraction of sp³-hybridized carbons (Fsp3) is 0.364. The van der Waals surface area contributed by atoms with Crippen molar-refractivity contribution in [1.29, 1.82) is 0 Å². The van der Waals surface area contributed by atoms with Crippen LogP contribution >= 0.6 is 11.3 Å².